The molecular weight excluding hydrogens is 577 g/mol. The Labute approximate surface area is 268 Å². The van der Waals surface area contributed by atoms with Gasteiger partial charge in [-0.2, -0.15) is 13.2 Å². The van der Waals surface area contributed by atoms with E-state index in [1.165, 1.54) is 12.1 Å². The van der Waals surface area contributed by atoms with Crippen LogP contribution < -0.4 is 0 Å². The quantitative estimate of drug-likeness (QED) is 0.312. The summed E-state index contributed by atoms with van der Waals surface area (Å²) in [6.07, 6.45) is 1.07. The topological polar surface area (TPSA) is 53.0 Å². The molecule has 250 valence electrons. The lowest BCUT2D eigenvalue weighted by Gasteiger charge is -2.49. The number of carbonyl (C=O) groups excluding carboxylic acids is 1. The van der Waals surface area contributed by atoms with Crippen molar-refractivity contribution in [2.75, 3.05) is 19.6 Å². The van der Waals surface area contributed by atoms with Crippen molar-refractivity contribution in [1.29, 1.82) is 0 Å². The van der Waals surface area contributed by atoms with Gasteiger partial charge in [0.15, 0.2) is 6.29 Å². The van der Waals surface area contributed by atoms with E-state index in [0.29, 0.717) is 26.1 Å². The Morgan fingerprint density at radius 2 is 1.49 bits per heavy atom. The lowest BCUT2D eigenvalue weighted by atomic mass is 9.81. The van der Waals surface area contributed by atoms with Crippen LogP contribution in [-0.4, -0.2) is 58.4 Å². The molecule has 0 spiro atoms. The van der Waals surface area contributed by atoms with Gasteiger partial charge in [0, 0.05) is 38.0 Å². The maximum atomic E-state index is 14.0. The van der Waals surface area contributed by atoms with Crippen molar-refractivity contribution < 1.29 is 27.8 Å². The van der Waals surface area contributed by atoms with Crippen molar-refractivity contribution in [1.82, 2.24) is 9.80 Å². The van der Waals surface area contributed by atoms with E-state index >= 15 is 0 Å². The summed E-state index contributed by atoms with van der Waals surface area (Å²) < 4.78 is 46.0. The van der Waals surface area contributed by atoms with Crippen LogP contribution in [0.25, 0.3) is 0 Å². The van der Waals surface area contributed by atoms with Gasteiger partial charge in [0.05, 0.1) is 17.2 Å². The third-order valence-electron chi connectivity index (χ3n) is 9.49. The number of halogens is 3. The molecule has 1 heterocycles. The molecule has 2 aromatic carbocycles. The molecule has 5 nitrogen and oxygen atoms in total. The number of benzene rings is 2. The number of hydrogen-bond donors (Lipinski definition) is 1. The third-order valence-corrected chi connectivity index (χ3v) is 9.49. The number of carbonyl (C=O) groups is 1. The molecule has 2 aromatic rings. The van der Waals surface area contributed by atoms with E-state index < -0.39 is 23.6 Å². The second-order valence-corrected chi connectivity index (χ2v) is 15.2. The van der Waals surface area contributed by atoms with Crippen molar-refractivity contribution in [2.24, 2.45) is 17.3 Å². The molecule has 4 rings (SSSR count). The first kappa shape index (κ1) is 35.4. The highest BCUT2D eigenvalue weighted by Gasteiger charge is 2.41. The highest BCUT2D eigenvalue weighted by Crippen LogP contribution is 2.38. The molecule has 1 saturated heterocycles. The summed E-state index contributed by atoms with van der Waals surface area (Å²) in [5.74, 6) is 0.520. The first-order valence-corrected chi connectivity index (χ1v) is 16.6. The first-order valence-electron chi connectivity index (χ1n) is 16.6. The van der Waals surface area contributed by atoms with Gasteiger partial charge in [-0.25, -0.2) is 0 Å². The minimum Gasteiger partial charge on any atom is -0.368 e. The zero-order valence-corrected chi connectivity index (χ0v) is 27.9. The average Bonchev–Trinajstić information content (AvgIpc) is 2.93. The van der Waals surface area contributed by atoms with Crippen molar-refractivity contribution in [2.45, 2.75) is 117 Å². The van der Waals surface area contributed by atoms with Gasteiger partial charge in [0.25, 0.3) is 0 Å². The summed E-state index contributed by atoms with van der Waals surface area (Å²) in [5.41, 5.74) is 0.566. The van der Waals surface area contributed by atoms with Gasteiger partial charge in [0.2, 0.25) is 5.91 Å². The van der Waals surface area contributed by atoms with E-state index in [9.17, 15) is 23.1 Å². The third kappa shape index (κ3) is 9.79. The summed E-state index contributed by atoms with van der Waals surface area (Å²) in [7, 11) is 0. The van der Waals surface area contributed by atoms with E-state index in [2.05, 4.69) is 30.6 Å². The van der Waals surface area contributed by atoms with Crippen LogP contribution in [0.2, 0.25) is 0 Å². The Bertz CT molecular complexity index is 1220. The highest BCUT2D eigenvalue weighted by molar-refractivity contribution is 5.77. The minimum atomic E-state index is -4.39. The molecule has 1 aliphatic carbocycles. The van der Waals surface area contributed by atoms with Crippen LogP contribution in [0.5, 0.6) is 0 Å². The molecule has 8 heteroatoms. The number of hydrogen-bond acceptors (Lipinski definition) is 4. The molecule has 0 radical (unpaired) electrons. The standard InChI is InChI=1S/C37H53F3N2O3/c1-35(2,3)31-25-41(33(27-13-8-7-9-14-27)28-18-20-30(21-19-28)37(38,39)40)22-23-42(31)32(43)24-26-12-10-11-15-29(17-16-26)34(44)45-36(4,5)6/h7-9,13-14,18-21,26,29,31,33-34,44H,10-12,15-17,22-25H2,1-6H3. The van der Waals surface area contributed by atoms with Crippen LogP contribution in [0.3, 0.4) is 0 Å². The Morgan fingerprint density at radius 3 is 2.09 bits per heavy atom. The van der Waals surface area contributed by atoms with Gasteiger partial charge >= 0.3 is 6.18 Å². The van der Waals surface area contributed by atoms with Gasteiger partial charge in [-0.3, -0.25) is 9.69 Å². The number of alkyl halides is 3. The SMILES string of the molecule is CC(C)(C)OC(O)C1CCCCC(CC(=O)N2CCN(C(c3ccccc3)c3ccc(C(F)(F)F)cc3)CC2C(C)(C)C)CC1. The molecule has 1 N–H and O–H groups in total. The Balaban J connectivity index is 1.49. The van der Waals surface area contributed by atoms with Crippen LogP contribution in [0.1, 0.15) is 109 Å². The molecule has 1 amide bonds. The van der Waals surface area contributed by atoms with E-state index in [1.54, 1.807) is 12.1 Å². The monoisotopic (exact) mass is 630 g/mol. The molecule has 2 aliphatic rings. The minimum absolute atomic E-state index is 0.0530. The van der Waals surface area contributed by atoms with E-state index in [1.807, 2.05) is 51.1 Å². The fraction of sp³-hybridized carbons (Fsp3) is 0.649. The molecule has 1 saturated carbocycles. The molecule has 0 bridgehead atoms. The Hall–Kier alpha value is -2.42. The van der Waals surface area contributed by atoms with Crippen LogP contribution in [-0.2, 0) is 15.7 Å². The van der Waals surface area contributed by atoms with Gasteiger partial charge < -0.3 is 14.7 Å². The molecule has 2 fully saturated rings. The summed E-state index contributed by atoms with van der Waals surface area (Å²) in [6, 6.07) is 15.2. The average molecular weight is 631 g/mol. The van der Waals surface area contributed by atoms with Crippen LogP contribution in [0.15, 0.2) is 54.6 Å². The van der Waals surface area contributed by atoms with Crippen molar-refractivity contribution >= 4 is 5.91 Å². The van der Waals surface area contributed by atoms with Gasteiger partial charge in [-0.15, -0.1) is 0 Å². The van der Waals surface area contributed by atoms with Crippen molar-refractivity contribution in [3.8, 4) is 0 Å². The summed E-state index contributed by atoms with van der Waals surface area (Å²) in [5, 5.41) is 10.8. The van der Waals surface area contributed by atoms with Crippen LogP contribution in [0, 0.1) is 17.3 Å². The molecule has 0 aromatic heterocycles. The first-order chi connectivity index (χ1) is 21.0. The number of nitrogens with zero attached hydrogens (tertiary/aromatic N) is 2. The second kappa shape index (κ2) is 14.6. The number of amides is 1. The Morgan fingerprint density at radius 1 is 0.867 bits per heavy atom. The fourth-order valence-corrected chi connectivity index (χ4v) is 7.07. The molecule has 5 atom stereocenters. The highest BCUT2D eigenvalue weighted by atomic mass is 19.4. The zero-order chi connectivity index (χ0) is 33.0. The molecule has 5 unspecified atom stereocenters. The lowest BCUT2D eigenvalue weighted by molar-refractivity contribution is -0.195. The van der Waals surface area contributed by atoms with Crippen molar-refractivity contribution in [3.63, 3.8) is 0 Å². The maximum absolute atomic E-state index is 14.0. The largest absolute Gasteiger partial charge is 0.416 e. The number of rotatable bonds is 7. The van der Waals surface area contributed by atoms with Gasteiger partial charge in [0.1, 0.15) is 0 Å². The normalized spacial score (nSPS) is 24.0. The lowest BCUT2D eigenvalue weighted by Crippen LogP contribution is -2.60. The van der Waals surface area contributed by atoms with E-state index in [-0.39, 0.29) is 35.2 Å². The van der Waals surface area contributed by atoms with E-state index in [4.69, 9.17) is 4.74 Å². The smallest absolute Gasteiger partial charge is 0.368 e. The van der Waals surface area contributed by atoms with Crippen LogP contribution in [0.4, 0.5) is 13.2 Å². The van der Waals surface area contributed by atoms with Crippen LogP contribution >= 0.6 is 0 Å². The second-order valence-electron chi connectivity index (χ2n) is 15.2. The molecular formula is C37H53F3N2O3. The number of aliphatic hydroxyl groups excluding tert-OH is 1. The number of ether oxygens (including phenoxy) is 1. The van der Waals surface area contributed by atoms with E-state index in [0.717, 1.165) is 49.7 Å². The molecule has 45 heavy (non-hydrogen) atoms. The van der Waals surface area contributed by atoms with Crippen molar-refractivity contribution in [3.05, 3.63) is 71.3 Å². The van der Waals surface area contributed by atoms with Gasteiger partial charge in [-0.05, 0) is 81.0 Å². The zero-order valence-electron chi connectivity index (χ0n) is 27.9. The maximum Gasteiger partial charge on any atom is 0.416 e. The van der Waals surface area contributed by atoms with Gasteiger partial charge in [-0.1, -0.05) is 76.1 Å². The Kier molecular flexibility index (Phi) is 11.5. The fourth-order valence-electron chi connectivity index (χ4n) is 7.07. The number of aliphatic hydroxyl groups is 1. The predicted octanol–water partition coefficient (Wildman–Crippen LogP) is 8.46. The predicted molar refractivity (Wildman–Crippen MR) is 172 cm³/mol. The number of piperazine rings is 1. The summed E-state index contributed by atoms with van der Waals surface area (Å²) in [6.45, 7) is 14.2. The summed E-state index contributed by atoms with van der Waals surface area (Å²) in [4.78, 5) is 18.4. The summed E-state index contributed by atoms with van der Waals surface area (Å²) >= 11 is 0. The molecule has 1 aliphatic heterocycles.